The molecular formula is C18H27F2N3O2. The number of alkyl carbamates (subject to hydrolysis) is 1. The summed E-state index contributed by atoms with van der Waals surface area (Å²) in [5.74, 6) is -2.96. The molecule has 0 radical (unpaired) electrons. The van der Waals surface area contributed by atoms with Crippen molar-refractivity contribution in [2.75, 3.05) is 23.7 Å². The number of nitrogen functional groups attached to an aromatic ring is 1. The van der Waals surface area contributed by atoms with Gasteiger partial charge in [0, 0.05) is 43.0 Å². The summed E-state index contributed by atoms with van der Waals surface area (Å²) >= 11 is 0. The lowest BCUT2D eigenvalue weighted by Gasteiger charge is -2.36. The van der Waals surface area contributed by atoms with Crippen molar-refractivity contribution >= 4 is 17.5 Å². The fourth-order valence-corrected chi connectivity index (χ4v) is 2.92. The largest absolute Gasteiger partial charge is 0.444 e. The normalized spacial score (nSPS) is 16.6. The minimum atomic E-state index is -2.96. The number of halogens is 2. The van der Waals surface area contributed by atoms with Crippen molar-refractivity contribution < 1.29 is 18.3 Å². The van der Waals surface area contributed by atoms with Gasteiger partial charge in [0.15, 0.2) is 0 Å². The van der Waals surface area contributed by atoms with Gasteiger partial charge in [0.05, 0.1) is 0 Å². The number of hydrogen-bond acceptors (Lipinski definition) is 4. The number of nitrogens with zero attached hydrogens (tertiary/aromatic N) is 1. The highest BCUT2D eigenvalue weighted by atomic mass is 19.3. The van der Waals surface area contributed by atoms with Gasteiger partial charge in [0.1, 0.15) is 5.60 Å². The number of nitrogens with one attached hydrogen (secondary N) is 1. The zero-order chi connectivity index (χ0) is 18.8. The third-order valence-electron chi connectivity index (χ3n) is 4.05. The maximum atomic E-state index is 13.9. The molecule has 1 aliphatic heterocycles. The minimum absolute atomic E-state index is 0.0227. The Morgan fingerprint density at radius 3 is 2.36 bits per heavy atom. The summed E-state index contributed by atoms with van der Waals surface area (Å²) in [5, 5.41) is 2.85. The van der Waals surface area contributed by atoms with Crippen LogP contribution in [0, 0.1) is 0 Å². The molecule has 0 aromatic heterocycles. The van der Waals surface area contributed by atoms with E-state index < -0.39 is 17.6 Å². The van der Waals surface area contributed by atoms with Crippen LogP contribution in [0.25, 0.3) is 0 Å². The van der Waals surface area contributed by atoms with Crippen LogP contribution in [0.2, 0.25) is 0 Å². The van der Waals surface area contributed by atoms with E-state index in [1.165, 1.54) is 6.07 Å². The summed E-state index contributed by atoms with van der Waals surface area (Å²) in [6.45, 7) is 7.46. The van der Waals surface area contributed by atoms with Crippen LogP contribution in [0.15, 0.2) is 18.2 Å². The molecule has 25 heavy (non-hydrogen) atoms. The van der Waals surface area contributed by atoms with Crippen molar-refractivity contribution in [3.63, 3.8) is 0 Å². The van der Waals surface area contributed by atoms with Crippen LogP contribution in [-0.4, -0.2) is 30.8 Å². The molecule has 1 fully saturated rings. The molecule has 2 rings (SSSR count). The van der Waals surface area contributed by atoms with Gasteiger partial charge in [0.2, 0.25) is 0 Å². The van der Waals surface area contributed by atoms with Crippen LogP contribution in [0.5, 0.6) is 0 Å². The Balaban J connectivity index is 2.00. The molecule has 1 aliphatic rings. The first kappa shape index (κ1) is 19.3. The van der Waals surface area contributed by atoms with Crippen LogP contribution in [0.4, 0.5) is 25.0 Å². The average molecular weight is 355 g/mol. The van der Waals surface area contributed by atoms with E-state index in [-0.39, 0.29) is 11.6 Å². The highest BCUT2D eigenvalue weighted by Gasteiger charge is 2.31. The summed E-state index contributed by atoms with van der Waals surface area (Å²) in [6, 6.07) is 4.59. The Labute approximate surface area is 147 Å². The smallest absolute Gasteiger partial charge is 0.407 e. The minimum Gasteiger partial charge on any atom is -0.444 e. The van der Waals surface area contributed by atoms with Crippen molar-refractivity contribution in [2.45, 2.75) is 58.1 Å². The Morgan fingerprint density at radius 1 is 1.24 bits per heavy atom. The lowest BCUT2D eigenvalue weighted by atomic mass is 10.0. The third-order valence-corrected chi connectivity index (χ3v) is 4.05. The van der Waals surface area contributed by atoms with E-state index in [0.717, 1.165) is 6.92 Å². The molecule has 1 amide bonds. The average Bonchev–Trinajstić information content (AvgIpc) is 2.45. The first-order valence-corrected chi connectivity index (χ1v) is 8.48. The fourth-order valence-electron chi connectivity index (χ4n) is 2.92. The SMILES string of the molecule is CC(C)(C)OC(=O)NC1CCN(c2ccc(N)cc2C(C)(F)F)CC1. The number of carbonyl (C=O) groups excluding carboxylic acids is 1. The summed E-state index contributed by atoms with van der Waals surface area (Å²) in [7, 11) is 0. The number of benzene rings is 1. The summed E-state index contributed by atoms with van der Waals surface area (Å²) in [4.78, 5) is 13.8. The molecule has 1 aromatic carbocycles. The number of nitrogens with two attached hydrogens (primary N) is 1. The quantitative estimate of drug-likeness (QED) is 0.808. The third kappa shape index (κ3) is 5.47. The van der Waals surface area contributed by atoms with E-state index in [2.05, 4.69) is 5.32 Å². The van der Waals surface area contributed by atoms with Crippen molar-refractivity contribution in [1.29, 1.82) is 0 Å². The molecule has 7 heteroatoms. The highest BCUT2D eigenvalue weighted by molar-refractivity contribution is 5.68. The molecule has 5 nitrogen and oxygen atoms in total. The number of ether oxygens (including phenoxy) is 1. The number of amides is 1. The van der Waals surface area contributed by atoms with Gasteiger partial charge in [-0.15, -0.1) is 0 Å². The van der Waals surface area contributed by atoms with E-state index >= 15 is 0 Å². The van der Waals surface area contributed by atoms with E-state index in [9.17, 15) is 13.6 Å². The Bertz CT molecular complexity index is 616. The second-order valence-corrected chi connectivity index (χ2v) is 7.57. The highest BCUT2D eigenvalue weighted by Crippen LogP contribution is 2.37. The Kier molecular flexibility index (Phi) is 5.44. The van der Waals surface area contributed by atoms with Gasteiger partial charge in [-0.3, -0.25) is 0 Å². The fraction of sp³-hybridized carbons (Fsp3) is 0.611. The Morgan fingerprint density at radius 2 is 1.84 bits per heavy atom. The van der Waals surface area contributed by atoms with Gasteiger partial charge < -0.3 is 20.7 Å². The maximum absolute atomic E-state index is 13.9. The second-order valence-electron chi connectivity index (χ2n) is 7.57. The van der Waals surface area contributed by atoms with Crippen LogP contribution < -0.4 is 16.0 Å². The van der Waals surface area contributed by atoms with Crippen LogP contribution >= 0.6 is 0 Å². The number of piperidine rings is 1. The molecule has 0 bridgehead atoms. The summed E-state index contributed by atoms with van der Waals surface area (Å²) in [5.41, 5.74) is 5.88. The number of anilines is 2. The van der Waals surface area contributed by atoms with Crippen molar-refractivity contribution in [3.05, 3.63) is 23.8 Å². The zero-order valence-electron chi connectivity index (χ0n) is 15.2. The van der Waals surface area contributed by atoms with E-state index in [0.29, 0.717) is 37.3 Å². The second kappa shape index (κ2) is 7.06. The molecule has 1 saturated heterocycles. The van der Waals surface area contributed by atoms with Crippen molar-refractivity contribution in [1.82, 2.24) is 5.32 Å². The van der Waals surface area contributed by atoms with E-state index in [4.69, 9.17) is 10.5 Å². The predicted molar refractivity (Wildman–Crippen MR) is 95.0 cm³/mol. The molecule has 140 valence electrons. The first-order chi connectivity index (χ1) is 11.5. The lowest BCUT2D eigenvalue weighted by molar-refractivity contribution is 0.0179. The topological polar surface area (TPSA) is 67.6 Å². The van der Waals surface area contributed by atoms with Gasteiger partial charge >= 0.3 is 6.09 Å². The molecule has 1 aromatic rings. The zero-order valence-corrected chi connectivity index (χ0v) is 15.2. The molecule has 0 aliphatic carbocycles. The van der Waals surface area contributed by atoms with Gasteiger partial charge in [-0.1, -0.05) is 0 Å². The first-order valence-electron chi connectivity index (χ1n) is 8.48. The lowest BCUT2D eigenvalue weighted by Crippen LogP contribution is -2.46. The molecule has 0 atom stereocenters. The number of alkyl halides is 2. The number of carbonyl (C=O) groups is 1. The molecule has 0 unspecified atom stereocenters. The van der Waals surface area contributed by atoms with E-state index in [1.54, 1.807) is 12.1 Å². The molecular weight excluding hydrogens is 328 g/mol. The van der Waals surface area contributed by atoms with E-state index in [1.807, 2.05) is 25.7 Å². The monoisotopic (exact) mass is 355 g/mol. The number of hydrogen-bond donors (Lipinski definition) is 2. The standard InChI is InChI=1S/C18H27F2N3O2/c1-17(2,3)25-16(24)22-13-7-9-23(10-8-13)15-6-5-12(21)11-14(15)18(4,19)20/h5-6,11,13H,7-10,21H2,1-4H3,(H,22,24). The van der Waals surface area contributed by atoms with Crippen LogP contribution in [-0.2, 0) is 10.7 Å². The summed E-state index contributed by atoms with van der Waals surface area (Å²) in [6.07, 6.45) is 0.885. The molecule has 0 spiro atoms. The van der Waals surface area contributed by atoms with Crippen LogP contribution in [0.3, 0.4) is 0 Å². The van der Waals surface area contributed by atoms with Gasteiger partial charge in [-0.2, -0.15) is 0 Å². The summed E-state index contributed by atoms with van der Waals surface area (Å²) < 4.78 is 33.1. The van der Waals surface area contributed by atoms with Gasteiger partial charge in [-0.25, -0.2) is 13.6 Å². The van der Waals surface area contributed by atoms with Gasteiger partial charge in [0.25, 0.3) is 5.92 Å². The van der Waals surface area contributed by atoms with Gasteiger partial charge in [-0.05, 0) is 51.8 Å². The van der Waals surface area contributed by atoms with Crippen molar-refractivity contribution in [2.24, 2.45) is 0 Å². The van der Waals surface area contributed by atoms with Crippen LogP contribution in [0.1, 0.15) is 46.1 Å². The predicted octanol–water partition coefficient (Wildman–Crippen LogP) is 3.87. The molecule has 1 heterocycles. The number of rotatable bonds is 3. The Hall–Kier alpha value is -2.05. The van der Waals surface area contributed by atoms with Crippen molar-refractivity contribution in [3.8, 4) is 0 Å². The maximum Gasteiger partial charge on any atom is 0.407 e. The molecule has 0 saturated carbocycles. The molecule has 3 N–H and O–H groups in total.